The third-order valence-electron chi connectivity index (χ3n) is 2.19. The number of hydrogen-bond donors (Lipinski definition) is 0. The molecule has 0 radical (unpaired) electrons. The molecule has 0 aromatic heterocycles. The van der Waals surface area contributed by atoms with Crippen molar-refractivity contribution in [3.63, 3.8) is 0 Å². The molecule has 0 aromatic rings. The van der Waals surface area contributed by atoms with E-state index in [4.69, 9.17) is 4.74 Å². The third kappa shape index (κ3) is 7.37. The van der Waals surface area contributed by atoms with E-state index in [0.717, 1.165) is 6.42 Å². The molecule has 0 saturated carbocycles. The van der Waals surface area contributed by atoms with Crippen LogP contribution in [-0.2, 0) is 9.53 Å². The summed E-state index contributed by atoms with van der Waals surface area (Å²) in [4.78, 5) is 11.4. The van der Waals surface area contributed by atoms with Gasteiger partial charge in [0.05, 0.1) is 0 Å². The molecule has 0 aliphatic rings. The minimum absolute atomic E-state index is 0.282. The van der Waals surface area contributed by atoms with Gasteiger partial charge in [0.1, 0.15) is 5.60 Å². The fourth-order valence-electron chi connectivity index (χ4n) is 1.07. The average Bonchev–Trinajstić information content (AvgIpc) is 1.99. The van der Waals surface area contributed by atoms with Gasteiger partial charge in [-0.05, 0) is 27.2 Å². The lowest BCUT2D eigenvalue weighted by molar-refractivity contribution is -0.151. The summed E-state index contributed by atoms with van der Waals surface area (Å²) in [6.07, 6.45) is 0.932. The molecule has 0 spiro atoms. The predicted octanol–water partition coefficient (Wildman–Crippen LogP) is 3.61. The van der Waals surface area contributed by atoms with Crippen molar-refractivity contribution in [2.24, 2.45) is 0 Å². The lowest BCUT2D eigenvalue weighted by atomic mass is 10.1. The van der Waals surface area contributed by atoms with Crippen LogP contribution in [0.3, 0.4) is 0 Å². The highest BCUT2D eigenvalue weighted by Gasteiger charge is 2.26. The van der Waals surface area contributed by atoms with Gasteiger partial charge in [0.25, 0.3) is 0 Å². The van der Waals surface area contributed by atoms with E-state index < -0.39 is 8.07 Å². The fraction of sp³-hybridized carbons (Fsp3) is 0.750. The zero-order chi connectivity index (χ0) is 12.3. The van der Waals surface area contributed by atoms with Crippen LogP contribution in [0.25, 0.3) is 0 Å². The number of rotatable bonds is 5. The van der Waals surface area contributed by atoms with Gasteiger partial charge in [0.15, 0.2) is 0 Å². The van der Waals surface area contributed by atoms with Crippen molar-refractivity contribution in [2.45, 2.75) is 58.5 Å². The molecule has 0 atom stereocenters. The van der Waals surface area contributed by atoms with Crippen LogP contribution >= 0.6 is 0 Å². The molecule has 2 nitrogen and oxygen atoms in total. The van der Waals surface area contributed by atoms with Crippen LogP contribution < -0.4 is 0 Å². The Morgan fingerprint density at radius 3 is 2.13 bits per heavy atom. The van der Waals surface area contributed by atoms with Gasteiger partial charge < -0.3 is 4.74 Å². The molecule has 15 heavy (non-hydrogen) atoms. The van der Waals surface area contributed by atoms with Gasteiger partial charge >= 0.3 is 5.97 Å². The number of carbonyl (C=O) groups excluding carboxylic acids is 1. The van der Waals surface area contributed by atoms with Crippen LogP contribution in [0.5, 0.6) is 0 Å². The normalized spacial score (nSPS) is 12.4. The van der Waals surface area contributed by atoms with Crippen molar-refractivity contribution in [2.75, 3.05) is 0 Å². The quantitative estimate of drug-likeness (QED) is 0.408. The standard InChI is InChI=1S/C12H24O2Si/c1-10(2)11(13)14-12(3,4)8-9-15(5,6)7/h1,8-9H2,2-7H3. The minimum atomic E-state index is -1.06. The second-order valence-corrected chi connectivity index (χ2v) is 11.6. The zero-order valence-corrected chi connectivity index (χ0v) is 11.9. The first-order valence-electron chi connectivity index (χ1n) is 5.42. The lowest BCUT2D eigenvalue weighted by Gasteiger charge is -2.28. The van der Waals surface area contributed by atoms with Crippen LogP contribution in [0.4, 0.5) is 0 Å². The Kier molecular flexibility index (Phi) is 4.78. The highest BCUT2D eigenvalue weighted by atomic mass is 28.3. The first-order valence-corrected chi connectivity index (χ1v) is 9.13. The van der Waals surface area contributed by atoms with E-state index in [1.54, 1.807) is 6.92 Å². The van der Waals surface area contributed by atoms with E-state index in [-0.39, 0.29) is 11.6 Å². The Labute approximate surface area is 94.7 Å². The molecule has 0 fully saturated rings. The van der Waals surface area contributed by atoms with Crippen LogP contribution in [-0.4, -0.2) is 19.6 Å². The fourth-order valence-corrected chi connectivity index (χ4v) is 2.42. The summed E-state index contributed by atoms with van der Waals surface area (Å²) in [5.41, 5.74) is 0.104. The van der Waals surface area contributed by atoms with Crippen molar-refractivity contribution in [1.82, 2.24) is 0 Å². The smallest absolute Gasteiger partial charge is 0.333 e. The van der Waals surface area contributed by atoms with Gasteiger partial charge in [-0.3, -0.25) is 0 Å². The summed E-state index contributed by atoms with van der Waals surface area (Å²) >= 11 is 0. The summed E-state index contributed by atoms with van der Waals surface area (Å²) in [5.74, 6) is -0.282. The van der Waals surface area contributed by atoms with Crippen molar-refractivity contribution < 1.29 is 9.53 Å². The Bertz CT molecular complexity index is 249. The highest BCUT2D eigenvalue weighted by molar-refractivity contribution is 6.76. The molecule has 0 aromatic carbocycles. The lowest BCUT2D eigenvalue weighted by Crippen LogP contribution is -2.32. The first-order chi connectivity index (χ1) is 6.53. The molecule has 88 valence electrons. The molecule has 0 bridgehead atoms. The van der Waals surface area contributed by atoms with E-state index in [1.807, 2.05) is 13.8 Å². The molecule has 0 heterocycles. The van der Waals surface area contributed by atoms with Gasteiger partial charge in [-0.1, -0.05) is 32.3 Å². The Morgan fingerprint density at radius 2 is 1.80 bits per heavy atom. The molecule has 0 amide bonds. The van der Waals surface area contributed by atoms with E-state index in [9.17, 15) is 4.79 Å². The Morgan fingerprint density at radius 1 is 1.33 bits per heavy atom. The summed E-state index contributed by atoms with van der Waals surface area (Å²) in [5, 5.41) is 0. The van der Waals surface area contributed by atoms with Crippen LogP contribution in [0.1, 0.15) is 27.2 Å². The van der Waals surface area contributed by atoms with Crippen molar-refractivity contribution >= 4 is 14.0 Å². The van der Waals surface area contributed by atoms with E-state index >= 15 is 0 Å². The number of carbonyl (C=O) groups is 1. The van der Waals surface area contributed by atoms with Gasteiger partial charge in [0.2, 0.25) is 0 Å². The highest BCUT2D eigenvalue weighted by Crippen LogP contribution is 2.23. The molecule has 0 unspecified atom stereocenters. The topological polar surface area (TPSA) is 26.3 Å². The van der Waals surface area contributed by atoms with Crippen molar-refractivity contribution in [3.05, 3.63) is 12.2 Å². The number of esters is 1. The second-order valence-electron chi connectivity index (χ2n) is 5.99. The maximum Gasteiger partial charge on any atom is 0.333 e. The van der Waals surface area contributed by atoms with Crippen LogP contribution in [0, 0.1) is 0 Å². The molecule has 0 saturated heterocycles. The Balaban J connectivity index is 4.19. The average molecular weight is 228 g/mol. The van der Waals surface area contributed by atoms with Gasteiger partial charge in [-0.2, -0.15) is 0 Å². The molecule has 0 rings (SSSR count). The number of hydrogen-bond acceptors (Lipinski definition) is 2. The first kappa shape index (κ1) is 14.4. The summed E-state index contributed by atoms with van der Waals surface area (Å²) in [6, 6.07) is 1.17. The largest absolute Gasteiger partial charge is 0.456 e. The third-order valence-corrected chi connectivity index (χ3v) is 3.94. The second kappa shape index (κ2) is 4.97. The van der Waals surface area contributed by atoms with Crippen molar-refractivity contribution in [3.8, 4) is 0 Å². The van der Waals surface area contributed by atoms with E-state index in [0.29, 0.717) is 5.57 Å². The van der Waals surface area contributed by atoms with Gasteiger partial charge in [-0.25, -0.2) is 4.79 Å². The minimum Gasteiger partial charge on any atom is -0.456 e. The molecular weight excluding hydrogens is 204 g/mol. The van der Waals surface area contributed by atoms with Crippen molar-refractivity contribution in [1.29, 1.82) is 0 Å². The molecule has 3 heteroatoms. The summed E-state index contributed by atoms with van der Waals surface area (Å²) in [7, 11) is -1.06. The monoisotopic (exact) mass is 228 g/mol. The molecule has 0 aliphatic heterocycles. The maximum absolute atomic E-state index is 11.4. The molecule has 0 aliphatic carbocycles. The van der Waals surface area contributed by atoms with E-state index in [1.165, 1.54) is 6.04 Å². The van der Waals surface area contributed by atoms with Gasteiger partial charge in [-0.15, -0.1) is 0 Å². The summed E-state index contributed by atoms with van der Waals surface area (Å²) < 4.78 is 5.38. The zero-order valence-electron chi connectivity index (χ0n) is 10.9. The van der Waals surface area contributed by atoms with Crippen LogP contribution in [0.2, 0.25) is 25.7 Å². The predicted molar refractivity (Wildman–Crippen MR) is 67.8 cm³/mol. The SMILES string of the molecule is C=C(C)C(=O)OC(C)(C)CC[Si](C)(C)C. The summed E-state index contributed by atoms with van der Waals surface area (Å²) in [6.45, 7) is 16.2. The number of ether oxygens (including phenoxy) is 1. The van der Waals surface area contributed by atoms with Crippen LogP contribution in [0.15, 0.2) is 12.2 Å². The molecule has 0 N–H and O–H groups in total. The van der Waals surface area contributed by atoms with Gasteiger partial charge in [0, 0.05) is 13.6 Å². The van der Waals surface area contributed by atoms with E-state index in [2.05, 4.69) is 26.2 Å². The maximum atomic E-state index is 11.4. The molecular formula is C12H24O2Si. The Hall–Kier alpha value is -0.573.